The second kappa shape index (κ2) is 4.97. The Labute approximate surface area is 98.4 Å². The van der Waals surface area contributed by atoms with Crippen molar-refractivity contribution in [2.24, 2.45) is 0 Å². The van der Waals surface area contributed by atoms with Gasteiger partial charge in [-0.15, -0.1) is 0 Å². The fourth-order valence-electron chi connectivity index (χ4n) is 1.66. The molecule has 0 saturated carbocycles. The van der Waals surface area contributed by atoms with Crippen molar-refractivity contribution >= 4 is 0 Å². The van der Waals surface area contributed by atoms with Crippen molar-refractivity contribution in [2.45, 2.75) is 6.54 Å². The molecule has 4 nitrogen and oxygen atoms in total. The fraction of sp³-hybridized carbons (Fsp3) is 0.250. The number of hydrogen-bond donors (Lipinski definition) is 1. The van der Waals surface area contributed by atoms with Gasteiger partial charge in [0.1, 0.15) is 17.3 Å². The number of rotatable bonds is 4. The van der Waals surface area contributed by atoms with Gasteiger partial charge in [0.15, 0.2) is 12.2 Å². The summed E-state index contributed by atoms with van der Waals surface area (Å²) >= 11 is 0. The third-order valence-corrected chi connectivity index (χ3v) is 2.41. The topological polar surface area (TPSA) is 47.3 Å². The van der Waals surface area contributed by atoms with Gasteiger partial charge in [-0.3, -0.25) is 0 Å². The van der Waals surface area contributed by atoms with Crippen molar-refractivity contribution in [3.05, 3.63) is 36.1 Å². The predicted molar refractivity (Wildman–Crippen MR) is 61.2 cm³/mol. The highest BCUT2D eigenvalue weighted by Crippen LogP contribution is 2.34. The van der Waals surface area contributed by atoms with Crippen molar-refractivity contribution in [1.82, 2.24) is 10.3 Å². The van der Waals surface area contributed by atoms with Gasteiger partial charge in [0.2, 0.25) is 0 Å². The molecule has 0 unspecified atom stereocenters. The number of hydrogen-bond acceptors (Lipinski definition) is 4. The molecule has 0 bridgehead atoms. The van der Waals surface area contributed by atoms with Gasteiger partial charge in [-0.05, 0) is 19.2 Å². The molecule has 2 aromatic rings. The second-order valence-electron chi connectivity index (χ2n) is 3.48. The highest BCUT2D eigenvalue weighted by molar-refractivity contribution is 5.68. The summed E-state index contributed by atoms with van der Waals surface area (Å²) in [5.74, 6) is 0.437. The standard InChI is InChI=1S/C12H13FN2O2/c1-14-6-9-12(17-7-15-9)11-8(13)4-3-5-10(11)16-2/h3-5,7,14H,6H2,1-2H3. The lowest BCUT2D eigenvalue weighted by molar-refractivity contribution is 0.411. The van der Waals surface area contributed by atoms with Gasteiger partial charge < -0.3 is 14.5 Å². The minimum atomic E-state index is -0.390. The lowest BCUT2D eigenvalue weighted by Crippen LogP contribution is -2.06. The maximum Gasteiger partial charge on any atom is 0.181 e. The molecule has 0 aliphatic heterocycles. The summed E-state index contributed by atoms with van der Waals surface area (Å²) < 4.78 is 24.2. The Morgan fingerprint density at radius 1 is 1.47 bits per heavy atom. The first kappa shape index (κ1) is 11.6. The summed E-state index contributed by atoms with van der Waals surface area (Å²) in [4.78, 5) is 4.05. The van der Waals surface area contributed by atoms with Gasteiger partial charge in [0.25, 0.3) is 0 Å². The van der Waals surface area contributed by atoms with Crippen LogP contribution in [0, 0.1) is 5.82 Å². The Kier molecular flexibility index (Phi) is 3.39. The first-order valence-electron chi connectivity index (χ1n) is 5.17. The molecule has 1 aromatic carbocycles. The van der Waals surface area contributed by atoms with Crippen LogP contribution in [0.4, 0.5) is 4.39 Å². The van der Waals surface area contributed by atoms with Crippen LogP contribution in [0.5, 0.6) is 5.75 Å². The molecule has 90 valence electrons. The average molecular weight is 236 g/mol. The number of oxazole rings is 1. The summed E-state index contributed by atoms with van der Waals surface area (Å²) in [5, 5.41) is 2.95. The van der Waals surface area contributed by atoms with E-state index in [1.165, 1.54) is 19.6 Å². The van der Waals surface area contributed by atoms with Gasteiger partial charge in [-0.25, -0.2) is 9.37 Å². The number of halogens is 1. The summed E-state index contributed by atoms with van der Waals surface area (Å²) in [6, 6.07) is 4.64. The number of methoxy groups -OCH3 is 1. The van der Waals surface area contributed by atoms with E-state index in [9.17, 15) is 4.39 Å². The maximum atomic E-state index is 13.8. The highest BCUT2D eigenvalue weighted by Gasteiger charge is 2.18. The van der Waals surface area contributed by atoms with Crippen molar-refractivity contribution < 1.29 is 13.5 Å². The molecule has 0 radical (unpaired) electrons. The van der Waals surface area contributed by atoms with Crippen LogP contribution in [0.1, 0.15) is 5.69 Å². The lowest BCUT2D eigenvalue weighted by Gasteiger charge is -2.08. The van der Waals surface area contributed by atoms with E-state index in [2.05, 4.69) is 10.3 Å². The number of nitrogens with zero attached hydrogens (tertiary/aromatic N) is 1. The Balaban J connectivity index is 2.55. The average Bonchev–Trinajstić information content (AvgIpc) is 2.77. The highest BCUT2D eigenvalue weighted by atomic mass is 19.1. The summed E-state index contributed by atoms with van der Waals surface area (Å²) in [5.41, 5.74) is 0.952. The van der Waals surface area contributed by atoms with Gasteiger partial charge in [0.05, 0.1) is 12.7 Å². The van der Waals surface area contributed by atoms with Gasteiger partial charge in [-0.1, -0.05) is 6.07 Å². The van der Waals surface area contributed by atoms with E-state index in [0.29, 0.717) is 29.3 Å². The first-order valence-corrected chi connectivity index (χ1v) is 5.17. The van der Waals surface area contributed by atoms with E-state index in [-0.39, 0.29) is 0 Å². The largest absolute Gasteiger partial charge is 0.496 e. The van der Waals surface area contributed by atoms with Crippen LogP contribution in [0.2, 0.25) is 0 Å². The van der Waals surface area contributed by atoms with E-state index in [1.807, 2.05) is 0 Å². The molecular weight excluding hydrogens is 223 g/mol. The summed E-state index contributed by atoms with van der Waals surface area (Å²) in [6.45, 7) is 0.503. The first-order chi connectivity index (χ1) is 8.27. The van der Waals surface area contributed by atoms with E-state index in [4.69, 9.17) is 9.15 Å². The minimum absolute atomic E-state index is 0.303. The Bertz CT molecular complexity index is 511. The Morgan fingerprint density at radius 3 is 3.00 bits per heavy atom. The predicted octanol–water partition coefficient (Wildman–Crippen LogP) is 2.21. The SMILES string of the molecule is CNCc1ncoc1-c1c(F)cccc1OC. The quantitative estimate of drug-likeness (QED) is 0.884. The third kappa shape index (κ3) is 2.14. The molecule has 1 heterocycles. The van der Waals surface area contributed by atoms with Crippen LogP contribution in [0.3, 0.4) is 0 Å². The molecule has 1 aromatic heterocycles. The summed E-state index contributed by atoms with van der Waals surface area (Å²) in [7, 11) is 3.28. The van der Waals surface area contributed by atoms with Crippen LogP contribution in [-0.2, 0) is 6.54 Å². The normalized spacial score (nSPS) is 10.5. The second-order valence-corrected chi connectivity index (χ2v) is 3.48. The number of nitrogens with one attached hydrogen (secondary N) is 1. The minimum Gasteiger partial charge on any atom is -0.496 e. The van der Waals surface area contributed by atoms with Crippen molar-refractivity contribution in [3.8, 4) is 17.1 Å². The molecule has 1 N–H and O–H groups in total. The van der Waals surface area contributed by atoms with E-state index in [1.54, 1.807) is 19.2 Å². The van der Waals surface area contributed by atoms with Gasteiger partial charge in [0, 0.05) is 6.54 Å². The lowest BCUT2D eigenvalue weighted by atomic mass is 10.1. The summed E-state index contributed by atoms with van der Waals surface area (Å²) in [6.07, 6.45) is 1.30. The Hall–Kier alpha value is -1.88. The molecule has 2 rings (SSSR count). The molecule has 0 spiro atoms. The maximum absolute atomic E-state index is 13.8. The molecule has 0 amide bonds. The Morgan fingerprint density at radius 2 is 2.29 bits per heavy atom. The number of ether oxygens (including phenoxy) is 1. The zero-order valence-corrected chi connectivity index (χ0v) is 9.66. The van der Waals surface area contributed by atoms with Crippen LogP contribution in [0.15, 0.2) is 29.0 Å². The van der Waals surface area contributed by atoms with Crippen molar-refractivity contribution in [1.29, 1.82) is 0 Å². The molecule has 0 fully saturated rings. The molecule has 0 atom stereocenters. The van der Waals surface area contributed by atoms with E-state index in [0.717, 1.165) is 0 Å². The number of aromatic nitrogens is 1. The van der Waals surface area contributed by atoms with Crippen LogP contribution >= 0.6 is 0 Å². The third-order valence-electron chi connectivity index (χ3n) is 2.41. The van der Waals surface area contributed by atoms with Gasteiger partial charge in [-0.2, -0.15) is 0 Å². The van der Waals surface area contributed by atoms with Crippen molar-refractivity contribution in [2.75, 3.05) is 14.2 Å². The molecule has 0 aliphatic carbocycles. The zero-order chi connectivity index (χ0) is 12.3. The van der Waals surface area contributed by atoms with E-state index < -0.39 is 5.82 Å². The fourth-order valence-corrected chi connectivity index (χ4v) is 1.66. The number of benzene rings is 1. The monoisotopic (exact) mass is 236 g/mol. The molecular formula is C12H13FN2O2. The van der Waals surface area contributed by atoms with Crippen LogP contribution in [0.25, 0.3) is 11.3 Å². The molecule has 5 heteroatoms. The van der Waals surface area contributed by atoms with Crippen LogP contribution in [-0.4, -0.2) is 19.1 Å². The van der Waals surface area contributed by atoms with E-state index >= 15 is 0 Å². The molecule has 0 saturated heterocycles. The molecule has 17 heavy (non-hydrogen) atoms. The zero-order valence-electron chi connectivity index (χ0n) is 9.66. The smallest absolute Gasteiger partial charge is 0.181 e. The van der Waals surface area contributed by atoms with Crippen LogP contribution < -0.4 is 10.1 Å². The van der Waals surface area contributed by atoms with Crippen molar-refractivity contribution in [3.63, 3.8) is 0 Å². The van der Waals surface area contributed by atoms with Gasteiger partial charge >= 0.3 is 0 Å². The molecule has 0 aliphatic rings.